The van der Waals surface area contributed by atoms with Gasteiger partial charge >= 0.3 is 0 Å². The maximum atomic E-state index is 4.64. The second-order valence-corrected chi connectivity index (χ2v) is 4.28. The molecule has 0 aliphatic carbocycles. The van der Waals surface area contributed by atoms with Gasteiger partial charge in [0.1, 0.15) is 0 Å². The number of rotatable bonds is 2. The number of fused-ring (bicyclic) bond motifs is 1. The van der Waals surface area contributed by atoms with Crippen molar-refractivity contribution < 1.29 is 0 Å². The second kappa shape index (κ2) is 4.50. The summed E-state index contributed by atoms with van der Waals surface area (Å²) in [6.45, 7) is 9.90. The van der Waals surface area contributed by atoms with Crippen molar-refractivity contribution in [2.24, 2.45) is 4.99 Å². The Morgan fingerprint density at radius 2 is 2.00 bits per heavy atom. The largest absolute Gasteiger partial charge is 0.254 e. The predicted octanol–water partition coefficient (Wildman–Crippen LogP) is 4.21. The van der Waals surface area contributed by atoms with E-state index in [-0.39, 0.29) is 0 Å². The number of aliphatic imine (C=N–C) groups is 1. The van der Waals surface area contributed by atoms with Crippen LogP contribution in [0.1, 0.15) is 19.4 Å². The topological polar surface area (TPSA) is 25.2 Å². The van der Waals surface area contributed by atoms with E-state index in [4.69, 9.17) is 0 Å². The fourth-order valence-electron chi connectivity index (χ4n) is 1.63. The van der Waals surface area contributed by atoms with Gasteiger partial charge < -0.3 is 0 Å². The number of allylic oxidation sites excluding steroid dienone is 1. The Bertz CT molecular complexity index is 609. The molecule has 0 N–H and O–H groups in total. The predicted molar refractivity (Wildman–Crippen MR) is 74.1 cm³/mol. The summed E-state index contributed by atoms with van der Waals surface area (Å²) in [6, 6.07) is 8.15. The van der Waals surface area contributed by atoms with Crippen LogP contribution in [0.15, 0.2) is 47.6 Å². The Balaban J connectivity index is 2.71. The highest BCUT2D eigenvalue weighted by Gasteiger charge is 2.05. The Labute approximate surface area is 102 Å². The lowest BCUT2D eigenvalue weighted by molar-refractivity contribution is 1.34. The summed E-state index contributed by atoms with van der Waals surface area (Å²) in [5, 5.41) is 1.12. The molecule has 0 amide bonds. The molecule has 2 rings (SSSR count). The molecule has 0 radical (unpaired) electrons. The van der Waals surface area contributed by atoms with Gasteiger partial charge in [0.25, 0.3) is 0 Å². The Morgan fingerprint density at radius 1 is 1.24 bits per heavy atom. The fraction of sp³-hybridized carbons (Fsp3) is 0.200. The van der Waals surface area contributed by atoms with Crippen LogP contribution in [0.5, 0.6) is 0 Å². The van der Waals surface area contributed by atoms with Crippen molar-refractivity contribution in [1.29, 1.82) is 0 Å². The van der Waals surface area contributed by atoms with Crippen LogP contribution >= 0.6 is 0 Å². The van der Waals surface area contributed by atoms with Gasteiger partial charge in [0.05, 0.1) is 11.2 Å². The molecule has 0 fully saturated rings. The molecule has 1 aromatic carbocycles. The summed E-state index contributed by atoms with van der Waals surface area (Å²) in [4.78, 5) is 9.06. The normalized spacial score (nSPS) is 11.8. The van der Waals surface area contributed by atoms with Crippen molar-refractivity contribution in [3.8, 4) is 0 Å². The quantitative estimate of drug-likeness (QED) is 0.701. The minimum absolute atomic E-state index is 0.948. The summed E-state index contributed by atoms with van der Waals surface area (Å²) >= 11 is 0. The minimum Gasteiger partial charge on any atom is -0.254 e. The van der Waals surface area contributed by atoms with Crippen LogP contribution in [0.3, 0.4) is 0 Å². The van der Waals surface area contributed by atoms with Gasteiger partial charge in [-0.3, -0.25) is 9.98 Å². The van der Waals surface area contributed by atoms with Gasteiger partial charge in [-0.05, 0) is 38.0 Å². The second-order valence-electron chi connectivity index (χ2n) is 4.28. The van der Waals surface area contributed by atoms with E-state index >= 15 is 0 Å². The average Bonchev–Trinajstić information content (AvgIpc) is 2.32. The first kappa shape index (κ1) is 11.5. The van der Waals surface area contributed by atoms with Crippen LogP contribution in [-0.4, -0.2) is 10.7 Å². The van der Waals surface area contributed by atoms with Gasteiger partial charge in [-0.1, -0.05) is 24.8 Å². The molecule has 2 aromatic rings. The Kier molecular flexibility index (Phi) is 3.05. The highest BCUT2D eigenvalue weighted by Crippen LogP contribution is 2.28. The minimum atomic E-state index is 0.948. The summed E-state index contributed by atoms with van der Waals surface area (Å²) in [6.07, 6.45) is 1.80. The van der Waals surface area contributed by atoms with Crippen molar-refractivity contribution in [3.05, 3.63) is 48.2 Å². The van der Waals surface area contributed by atoms with Crippen molar-refractivity contribution in [3.63, 3.8) is 0 Å². The molecule has 1 heterocycles. The van der Waals surface area contributed by atoms with E-state index in [0.29, 0.717) is 0 Å². The highest BCUT2D eigenvalue weighted by molar-refractivity contribution is 6.02. The Hall–Kier alpha value is -1.96. The van der Waals surface area contributed by atoms with Crippen molar-refractivity contribution in [1.82, 2.24) is 4.98 Å². The molecule has 0 aliphatic rings. The molecule has 86 valence electrons. The molecular weight excluding hydrogens is 208 g/mol. The number of benzene rings is 1. The van der Waals surface area contributed by atoms with Crippen molar-refractivity contribution in [2.75, 3.05) is 0 Å². The van der Waals surface area contributed by atoms with Crippen LogP contribution in [0.25, 0.3) is 10.9 Å². The van der Waals surface area contributed by atoms with Crippen LogP contribution in [-0.2, 0) is 0 Å². The zero-order valence-corrected chi connectivity index (χ0v) is 10.5. The van der Waals surface area contributed by atoms with Crippen LogP contribution in [0, 0.1) is 6.92 Å². The van der Waals surface area contributed by atoms with E-state index in [2.05, 4.69) is 41.7 Å². The van der Waals surface area contributed by atoms with Gasteiger partial charge in [0, 0.05) is 17.3 Å². The lowest BCUT2D eigenvalue weighted by atomic mass is 10.1. The smallest absolute Gasteiger partial charge is 0.0961 e. The van der Waals surface area contributed by atoms with E-state index in [1.807, 2.05) is 19.9 Å². The molecule has 17 heavy (non-hydrogen) atoms. The number of hydrogen-bond acceptors (Lipinski definition) is 2. The van der Waals surface area contributed by atoms with Gasteiger partial charge in [0.2, 0.25) is 0 Å². The first-order valence-electron chi connectivity index (χ1n) is 5.65. The lowest BCUT2D eigenvalue weighted by Crippen LogP contribution is -1.92. The van der Waals surface area contributed by atoms with E-state index < -0.39 is 0 Å². The van der Waals surface area contributed by atoms with E-state index in [1.165, 1.54) is 0 Å². The highest BCUT2D eigenvalue weighted by atomic mass is 14.8. The zero-order valence-electron chi connectivity index (χ0n) is 10.5. The number of hydrogen-bond donors (Lipinski definition) is 0. The third kappa shape index (κ3) is 2.26. The van der Waals surface area contributed by atoms with Gasteiger partial charge in [0.15, 0.2) is 0 Å². The summed E-state index contributed by atoms with van der Waals surface area (Å²) in [5.41, 5.74) is 4.97. The lowest BCUT2D eigenvalue weighted by Gasteiger charge is -2.06. The molecule has 0 unspecified atom stereocenters. The molecule has 0 bridgehead atoms. The molecule has 0 saturated carbocycles. The first-order chi connectivity index (χ1) is 8.09. The van der Waals surface area contributed by atoms with E-state index in [9.17, 15) is 0 Å². The Morgan fingerprint density at radius 3 is 2.71 bits per heavy atom. The number of pyridine rings is 1. The maximum Gasteiger partial charge on any atom is 0.0961 e. The molecule has 0 atom stereocenters. The molecule has 0 saturated heterocycles. The van der Waals surface area contributed by atoms with Crippen LogP contribution in [0.4, 0.5) is 5.69 Å². The van der Waals surface area contributed by atoms with E-state index in [0.717, 1.165) is 33.4 Å². The standard InChI is InChI=1S/C15H16N2/c1-10(2)12(4)17-14-11(3)7-8-13-6-5-9-16-15(13)14/h5-9H,1H2,2-4H3/b17-12+. The van der Waals surface area contributed by atoms with Gasteiger partial charge in [-0.2, -0.15) is 0 Å². The van der Waals surface area contributed by atoms with Crippen LogP contribution < -0.4 is 0 Å². The summed E-state index contributed by atoms with van der Waals surface area (Å²) < 4.78 is 0. The molecule has 1 aromatic heterocycles. The number of aryl methyl sites for hydroxylation is 1. The van der Waals surface area contributed by atoms with Crippen LogP contribution in [0.2, 0.25) is 0 Å². The molecule has 0 aliphatic heterocycles. The molecule has 2 heteroatoms. The van der Waals surface area contributed by atoms with Gasteiger partial charge in [-0.25, -0.2) is 0 Å². The van der Waals surface area contributed by atoms with E-state index in [1.54, 1.807) is 6.20 Å². The third-order valence-electron chi connectivity index (χ3n) is 2.85. The molecule has 2 nitrogen and oxygen atoms in total. The van der Waals surface area contributed by atoms with Crippen molar-refractivity contribution >= 4 is 22.3 Å². The molecular formula is C15H16N2. The monoisotopic (exact) mass is 224 g/mol. The first-order valence-corrected chi connectivity index (χ1v) is 5.65. The molecule has 0 spiro atoms. The third-order valence-corrected chi connectivity index (χ3v) is 2.85. The van der Waals surface area contributed by atoms with Crippen molar-refractivity contribution in [2.45, 2.75) is 20.8 Å². The summed E-state index contributed by atoms with van der Waals surface area (Å²) in [5.74, 6) is 0. The fourth-order valence-corrected chi connectivity index (χ4v) is 1.63. The van der Waals surface area contributed by atoms with Gasteiger partial charge in [-0.15, -0.1) is 0 Å². The number of aromatic nitrogens is 1. The average molecular weight is 224 g/mol. The SMILES string of the molecule is C=C(C)/C(C)=N/c1c(C)ccc2cccnc12. The number of nitrogens with zero attached hydrogens (tertiary/aromatic N) is 2. The zero-order chi connectivity index (χ0) is 12.4. The maximum absolute atomic E-state index is 4.64. The summed E-state index contributed by atoms with van der Waals surface area (Å²) in [7, 11) is 0.